The predicted octanol–water partition coefficient (Wildman–Crippen LogP) is 3.95. The van der Waals surface area contributed by atoms with E-state index in [1.165, 1.54) is 11.1 Å². The maximum Gasteiger partial charge on any atom is 0.251 e. The summed E-state index contributed by atoms with van der Waals surface area (Å²) in [6.07, 6.45) is 0. The third kappa shape index (κ3) is 4.24. The molecule has 144 valence electrons. The van der Waals surface area contributed by atoms with Crippen LogP contribution in [0.5, 0.6) is 0 Å². The van der Waals surface area contributed by atoms with Gasteiger partial charge in [-0.1, -0.05) is 60.2 Å². The Bertz CT molecular complexity index is 946. The quantitative estimate of drug-likeness (QED) is 0.735. The van der Waals surface area contributed by atoms with Crippen molar-refractivity contribution in [3.05, 3.63) is 83.4 Å². The van der Waals surface area contributed by atoms with Gasteiger partial charge in [0, 0.05) is 25.2 Å². The summed E-state index contributed by atoms with van der Waals surface area (Å²) in [5, 5.41) is 5.38. The third-order valence-electron chi connectivity index (χ3n) is 5.42. The van der Waals surface area contributed by atoms with Crippen molar-refractivity contribution in [2.45, 2.75) is 13.0 Å². The summed E-state index contributed by atoms with van der Waals surface area (Å²) in [6.45, 7) is 5.90. The first-order chi connectivity index (χ1) is 13.7. The lowest BCUT2D eigenvalue weighted by Gasteiger charge is -2.35. The standard InChI is InChI=1S/C24H26N2O2/c1-18-6-8-20(9-7-18)23(26-12-14-28-15-13-26)17-25-24(27)22-11-10-19-4-2-3-5-21(19)16-22/h2-11,16,23H,12-15,17H2,1H3,(H,25,27). The Morgan fingerprint density at radius 3 is 2.46 bits per heavy atom. The molecule has 1 saturated heterocycles. The molecule has 0 bridgehead atoms. The molecule has 3 aromatic rings. The number of ether oxygens (including phenoxy) is 1. The van der Waals surface area contributed by atoms with Crippen LogP contribution in [0.4, 0.5) is 0 Å². The molecule has 0 saturated carbocycles. The van der Waals surface area contributed by atoms with Gasteiger partial charge in [0.2, 0.25) is 0 Å². The Morgan fingerprint density at radius 2 is 1.71 bits per heavy atom. The van der Waals surface area contributed by atoms with Gasteiger partial charge in [0.1, 0.15) is 0 Å². The molecule has 0 aliphatic carbocycles. The molecule has 4 nitrogen and oxygen atoms in total. The van der Waals surface area contributed by atoms with Crippen LogP contribution in [0.2, 0.25) is 0 Å². The molecule has 1 N–H and O–H groups in total. The highest BCUT2D eigenvalue weighted by molar-refractivity contribution is 5.98. The second-order valence-electron chi connectivity index (χ2n) is 7.35. The molecule has 4 heteroatoms. The van der Waals surface area contributed by atoms with Crippen LogP contribution >= 0.6 is 0 Å². The van der Waals surface area contributed by atoms with E-state index in [0.29, 0.717) is 12.1 Å². The zero-order valence-corrected chi connectivity index (χ0v) is 16.2. The van der Waals surface area contributed by atoms with Crippen LogP contribution in [0, 0.1) is 6.92 Å². The Kier molecular flexibility index (Phi) is 5.70. The van der Waals surface area contributed by atoms with Gasteiger partial charge < -0.3 is 10.1 Å². The number of aryl methyl sites for hydroxylation is 1. The predicted molar refractivity (Wildman–Crippen MR) is 113 cm³/mol. The summed E-state index contributed by atoms with van der Waals surface area (Å²) in [6, 6.07) is 22.7. The van der Waals surface area contributed by atoms with Crippen LogP contribution < -0.4 is 5.32 Å². The van der Waals surface area contributed by atoms with Crippen LogP contribution in [0.3, 0.4) is 0 Å². The summed E-state index contributed by atoms with van der Waals surface area (Å²) >= 11 is 0. The van der Waals surface area contributed by atoms with Crippen molar-refractivity contribution in [2.75, 3.05) is 32.8 Å². The maximum atomic E-state index is 12.8. The molecule has 4 rings (SSSR count). The average molecular weight is 374 g/mol. The lowest BCUT2D eigenvalue weighted by molar-refractivity contribution is 0.0162. The molecule has 0 radical (unpaired) electrons. The smallest absolute Gasteiger partial charge is 0.251 e. The molecular weight excluding hydrogens is 348 g/mol. The van der Waals surface area contributed by atoms with Gasteiger partial charge in [0.15, 0.2) is 0 Å². The average Bonchev–Trinajstić information content (AvgIpc) is 2.75. The van der Waals surface area contributed by atoms with Gasteiger partial charge in [-0.2, -0.15) is 0 Å². The number of benzene rings is 3. The molecule has 0 aromatic heterocycles. The van der Waals surface area contributed by atoms with Crippen molar-refractivity contribution in [3.8, 4) is 0 Å². The van der Waals surface area contributed by atoms with Crippen molar-refractivity contribution >= 4 is 16.7 Å². The fraction of sp³-hybridized carbons (Fsp3) is 0.292. The molecule has 1 heterocycles. The lowest BCUT2D eigenvalue weighted by atomic mass is 10.0. The third-order valence-corrected chi connectivity index (χ3v) is 5.42. The van der Waals surface area contributed by atoms with E-state index < -0.39 is 0 Å². The first-order valence-electron chi connectivity index (χ1n) is 9.86. The largest absolute Gasteiger partial charge is 0.379 e. The molecule has 1 unspecified atom stereocenters. The van der Waals surface area contributed by atoms with E-state index in [1.807, 2.05) is 36.4 Å². The highest BCUT2D eigenvalue weighted by atomic mass is 16.5. The molecule has 3 aromatic carbocycles. The van der Waals surface area contributed by atoms with E-state index in [4.69, 9.17) is 4.74 Å². The highest BCUT2D eigenvalue weighted by Gasteiger charge is 2.23. The number of amides is 1. The van der Waals surface area contributed by atoms with Crippen LogP contribution in [-0.2, 0) is 4.74 Å². The van der Waals surface area contributed by atoms with Gasteiger partial charge in [-0.05, 0) is 35.4 Å². The van der Waals surface area contributed by atoms with Crippen LogP contribution in [-0.4, -0.2) is 43.7 Å². The Morgan fingerprint density at radius 1 is 1.00 bits per heavy atom. The minimum absolute atomic E-state index is 0.0314. The monoisotopic (exact) mass is 374 g/mol. The molecule has 1 fully saturated rings. The van der Waals surface area contributed by atoms with Gasteiger partial charge >= 0.3 is 0 Å². The van der Waals surface area contributed by atoms with Gasteiger partial charge in [0.25, 0.3) is 5.91 Å². The minimum atomic E-state index is -0.0314. The maximum absolute atomic E-state index is 12.8. The summed E-state index contributed by atoms with van der Waals surface area (Å²) < 4.78 is 5.51. The van der Waals surface area contributed by atoms with Gasteiger partial charge in [-0.25, -0.2) is 0 Å². The number of hydrogen-bond donors (Lipinski definition) is 1. The number of fused-ring (bicyclic) bond motifs is 1. The van der Waals surface area contributed by atoms with E-state index in [9.17, 15) is 4.79 Å². The van der Waals surface area contributed by atoms with E-state index in [-0.39, 0.29) is 11.9 Å². The lowest BCUT2D eigenvalue weighted by Crippen LogP contribution is -2.43. The zero-order chi connectivity index (χ0) is 19.3. The van der Waals surface area contributed by atoms with Crippen LogP contribution in [0.25, 0.3) is 10.8 Å². The van der Waals surface area contributed by atoms with Crippen molar-refractivity contribution < 1.29 is 9.53 Å². The first kappa shape index (κ1) is 18.7. The number of carbonyl (C=O) groups is 1. The van der Waals surface area contributed by atoms with Crippen molar-refractivity contribution in [3.63, 3.8) is 0 Å². The summed E-state index contributed by atoms with van der Waals surface area (Å²) in [7, 11) is 0. The minimum Gasteiger partial charge on any atom is -0.379 e. The molecular formula is C24H26N2O2. The van der Waals surface area contributed by atoms with Gasteiger partial charge in [0.05, 0.1) is 19.3 Å². The molecule has 0 spiro atoms. The fourth-order valence-electron chi connectivity index (χ4n) is 3.76. The van der Waals surface area contributed by atoms with E-state index in [1.54, 1.807) is 0 Å². The van der Waals surface area contributed by atoms with Gasteiger partial charge in [-0.3, -0.25) is 9.69 Å². The molecule has 28 heavy (non-hydrogen) atoms. The Hall–Kier alpha value is -2.69. The number of hydrogen-bond acceptors (Lipinski definition) is 3. The Balaban J connectivity index is 1.50. The zero-order valence-electron chi connectivity index (χ0n) is 16.2. The highest BCUT2D eigenvalue weighted by Crippen LogP contribution is 2.22. The number of rotatable bonds is 5. The number of nitrogens with zero attached hydrogens (tertiary/aromatic N) is 1. The van der Waals surface area contributed by atoms with Crippen LogP contribution in [0.15, 0.2) is 66.7 Å². The summed E-state index contributed by atoms with van der Waals surface area (Å²) in [4.78, 5) is 15.2. The van der Waals surface area contributed by atoms with Crippen molar-refractivity contribution in [1.29, 1.82) is 0 Å². The SMILES string of the molecule is Cc1ccc(C(CNC(=O)c2ccc3ccccc3c2)N2CCOCC2)cc1. The number of nitrogens with one attached hydrogen (secondary N) is 1. The molecule has 1 amide bonds. The number of morpholine rings is 1. The van der Waals surface area contributed by atoms with E-state index in [0.717, 1.165) is 37.1 Å². The van der Waals surface area contributed by atoms with Gasteiger partial charge in [-0.15, -0.1) is 0 Å². The van der Waals surface area contributed by atoms with Crippen LogP contribution in [0.1, 0.15) is 27.5 Å². The Labute approximate surface area is 166 Å². The van der Waals surface area contributed by atoms with Crippen molar-refractivity contribution in [1.82, 2.24) is 10.2 Å². The second kappa shape index (κ2) is 8.55. The topological polar surface area (TPSA) is 41.6 Å². The second-order valence-corrected chi connectivity index (χ2v) is 7.35. The van der Waals surface area contributed by atoms with E-state index >= 15 is 0 Å². The molecule has 1 aliphatic rings. The normalized spacial score (nSPS) is 16.0. The molecule has 1 atom stereocenters. The number of carbonyl (C=O) groups excluding carboxylic acids is 1. The summed E-state index contributed by atoms with van der Waals surface area (Å²) in [5.41, 5.74) is 3.17. The van der Waals surface area contributed by atoms with Crippen molar-refractivity contribution in [2.24, 2.45) is 0 Å². The fourth-order valence-corrected chi connectivity index (χ4v) is 3.76. The molecule has 1 aliphatic heterocycles. The van der Waals surface area contributed by atoms with E-state index in [2.05, 4.69) is 47.5 Å². The first-order valence-corrected chi connectivity index (χ1v) is 9.86. The summed E-state index contributed by atoms with van der Waals surface area (Å²) in [5.74, 6) is -0.0314.